The predicted molar refractivity (Wildman–Crippen MR) is 73.6 cm³/mol. The zero-order valence-electron chi connectivity index (χ0n) is 10.5. The van der Waals surface area contributed by atoms with E-state index in [2.05, 4.69) is 5.16 Å². The van der Waals surface area contributed by atoms with Crippen LogP contribution in [0.15, 0.2) is 53.7 Å². The SMILES string of the molecule is O=[N+]([O-])c1cccc(C(=NO)c2ccccc2)c1[N+](=O)[O-]. The van der Waals surface area contributed by atoms with Gasteiger partial charge in [0.05, 0.1) is 15.4 Å². The van der Waals surface area contributed by atoms with E-state index < -0.39 is 21.2 Å². The quantitative estimate of drug-likeness (QED) is 0.401. The minimum atomic E-state index is -0.860. The van der Waals surface area contributed by atoms with Gasteiger partial charge in [-0.1, -0.05) is 41.6 Å². The molecule has 0 radical (unpaired) electrons. The van der Waals surface area contributed by atoms with Crippen LogP contribution in [0.25, 0.3) is 0 Å². The fourth-order valence-corrected chi connectivity index (χ4v) is 1.92. The van der Waals surface area contributed by atoms with Crippen molar-refractivity contribution >= 4 is 17.1 Å². The fourth-order valence-electron chi connectivity index (χ4n) is 1.92. The standard InChI is InChI=1S/C13H9N3O5/c17-14-12(9-5-2-1-3-6-9)10-7-4-8-11(15(18)19)13(10)16(20)21/h1-8,17H. The van der Waals surface area contributed by atoms with Crippen molar-refractivity contribution < 1.29 is 15.1 Å². The molecule has 0 saturated heterocycles. The Morgan fingerprint density at radius 3 is 2.14 bits per heavy atom. The molecule has 2 aromatic rings. The second-order valence-corrected chi connectivity index (χ2v) is 4.00. The summed E-state index contributed by atoms with van der Waals surface area (Å²) in [7, 11) is 0. The van der Waals surface area contributed by atoms with Crippen LogP contribution < -0.4 is 0 Å². The molecule has 2 aromatic carbocycles. The summed E-state index contributed by atoms with van der Waals surface area (Å²) in [5.74, 6) is 0. The van der Waals surface area contributed by atoms with Crippen LogP contribution >= 0.6 is 0 Å². The minimum Gasteiger partial charge on any atom is -0.410 e. The van der Waals surface area contributed by atoms with E-state index in [0.717, 1.165) is 6.07 Å². The van der Waals surface area contributed by atoms with Gasteiger partial charge in [0.1, 0.15) is 5.71 Å². The number of nitro benzene ring substituents is 2. The molecule has 0 saturated carbocycles. The first kappa shape index (κ1) is 14.1. The minimum absolute atomic E-state index is 0.106. The van der Waals surface area contributed by atoms with Crippen LogP contribution in [0.2, 0.25) is 0 Å². The van der Waals surface area contributed by atoms with Crippen LogP contribution in [0.1, 0.15) is 11.1 Å². The van der Waals surface area contributed by atoms with Crippen molar-refractivity contribution in [1.82, 2.24) is 0 Å². The highest BCUT2D eigenvalue weighted by Crippen LogP contribution is 2.32. The van der Waals surface area contributed by atoms with Crippen LogP contribution in [0.4, 0.5) is 11.4 Å². The molecule has 21 heavy (non-hydrogen) atoms. The number of rotatable bonds is 4. The second-order valence-electron chi connectivity index (χ2n) is 4.00. The van der Waals surface area contributed by atoms with Crippen molar-refractivity contribution in [2.75, 3.05) is 0 Å². The van der Waals surface area contributed by atoms with E-state index in [1.165, 1.54) is 12.1 Å². The van der Waals surface area contributed by atoms with Gasteiger partial charge in [0.15, 0.2) is 0 Å². The molecule has 0 atom stereocenters. The van der Waals surface area contributed by atoms with E-state index in [4.69, 9.17) is 5.21 Å². The number of nitro groups is 2. The summed E-state index contributed by atoms with van der Waals surface area (Å²) < 4.78 is 0. The summed E-state index contributed by atoms with van der Waals surface area (Å²) in [5, 5.41) is 34.3. The van der Waals surface area contributed by atoms with Gasteiger partial charge in [-0.25, -0.2) is 0 Å². The lowest BCUT2D eigenvalue weighted by Crippen LogP contribution is -2.09. The van der Waals surface area contributed by atoms with E-state index >= 15 is 0 Å². The number of oxime groups is 1. The zero-order valence-corrected chi connectivity index (χ0v) is 10.5. The van der Waals surface area contributed by atoms with Gasteiger partial charge < -0.3 is 5.21 Å². The van der Waals surface area contributed by atoms with Gasteiger partial charge in [-0.05, 0) is 6.07 Å². The first-order valence-electron chi connectivity index (χ1n) is 5.76. The summed E-state index contributed by atoms with van der Waals surface area (Å²) in [6.07, 6.45) is 0. The number of benzene rings is 2. The average molecular weight is 287 g/mol. The highest BCUT2D eigenvalue weighted by molar-refractivity contribution is 6.15. The average Bonchev–Trinajstić information content (AvgIpc) is 2.48. The van der Waals surface area contributed by atoms with Crippen LogP contribution in [0.5, 0.6) is 0 Å². The number of hydrogen-bond donors (Lipinski definition) is 1. The Balaban J connectivity index is 2.71. The van der Waals surface area contributed by atoms with Gasteiger partial charge in [0.25, 0.3) is 0 Å². The molecule has 0 bridgehead atoms. The largest absolute Gasteiger partial charge is 0.410 e. The molecule has 2 rings (SSSR count). The molecule has 0 aromatic heterocycles. The normalized spacial score (nSPS) is 11.1. The molecular formula is C13H9N3O5. The molecule has 0 unspecified atom stereocenters. The molecule has 0 aliphatic heterocycles. The Morgan fingerprint density at radius 2 is 1.62 bits per heavy atom. The van der Waals surface area contributed by atoms with Crippen LogP contribution in [0.3, 0.4) is 0 Å². The van der Waals surface area contributed by atoms with Gasteiger partial charge in [-0.3, -0.25) is 20.2 Å². The van der Waals surface area contributed by atoms with Crippen molar-refractivity contribution in [3.8, 4) is 0 Å². The number of para-hydroxylation sites is 1. The molecule has 0 fully saturated rings. The molecule has 0 aliphatic rings. The molecule has 8 heteroatoms. The van der Waals surface area contributed by atoms with E-state index in [1.807, 2.05) is 0 Å². The van der Waals surface area contributed by atoms with Crippen LogP contribution in [0, 0.1) is 20.2 Å². The summed E-state index contributed by atoms with van der Waals surface area (Å²) in [5.41, 5.74) is -1.19. The topological polar surface area (TPSA) is 119 Å². The lowest BCUT2D eigenvalue weighted by atomic mass is 10.00. The molecule has 106 valence electrons. The summed E-state index contributed by atoms with van der Waals surface area (Å²) in [6.45, 7) is 0. The third-order valence-corrected chi connectivity index (χ3v) is 2.80. The van der Waals surface area contributed by atoms with Gasteiger partial charge in [0, 0.05) is 11.6 Å². The number of nitrogens with zero attached hydrogens (tertiary/aromatic N) is 3. The highest BCUT2D eigenvalue weighted by Gasteiger charge is 2.31. The van der Waals surface area contributed by atoms with E-state index in [9.17, 15) is 20.2 Å². The molecule has 0 spiro atoms. The maximum Gasteiger partial charge on any atom is 0.355 e. The van der Waals surface area contributed by atoms with Crippen LogP contribution in [-0.2, 0) is 0 Å². The Hall–Kier alpha value is -3.29. The van der Waals surface area contributed by atoms with Gasteiger partial charge in [-0.15, -0.1) is 0 Å². The monoisotopic (exact) mass is 287 g/mol. The molecular weight excluding hydrogens is 278 g/mol. The molecule has 0 heterocycles. The van der Waals surface area contributed by atoms with Crippen molar-refractivity contribution in [3.05, 3.63) is 79.9 Å². The first-order chi connectivity index (χ1) is 10.1. The molecule has 1 N–H and O–H groups in total. The van der Waals surface area contributed by atoms with Gasteiger partial charge in [-0.2, -0.15) is 0 Å². The Bertz CT molecular complexity index is 728. The van der Waals surface area contributed by atoms with E-state index in [-0.39, 0.29) is 11.3 Å². The van der Waals surface area contributed by atoms with Crippen molar-refractivity contribution in [3.63, 3.8) is 0 Å². The highest BCUT2D eigenvalue weighted by atomic mass is 16.6. The summed E-state index contributed by atoms with van der Waals surface area (Å²) in [4.78, 5) is 20.4. The lowest BCUT2D eigenvalue weighted by molar-refractivity contribution is -0.422. The van der Waals surface area contributed by atoms with Crippen LogP contribution in [-0.4, -0.2) is 20.8 Å². The Labute approximate surface area is 118 Å². The second kappa shape index (κ2) is 5.78. The maximum absolute atomic E-state index is 11.2. The summed E-state index contributed by atoms with van der Waals surface area (Å²) >= 11 is 0. The zero-order chi connectivity index (χ0) is 15.4. The van der Waals surface area contributed by atoms with E-state index in [0.29, 0.717) is 5.56 Å². The van der Waals surface area contributed by atoms with Crippen molar-refractivity contribution in [2.24, 2.45) is 5.16 Å². The molecule has 0 aliphatic carbocycles. The first-order valence-corrected chi connectivity index (χ1v) is 5.76. The maximum atomic E-state index is 11.2. The lowest BCUT2D eigenvalue weighted by Gasteiger charge is -2.06. The van der Waals surface area contributed by atoms with Gasteiger partial charge in [0.2, 0.25) is 0 Å². The predicted octanol–water partition coefficient (Wildman–Crippen LogP) is 2.73. The van der Waals surface area contributed by atoms with Crippen molar-refractivity contribution in [2.45, 2.75) is 0 Å². The fraction of sp³-hybridized carbons (Fsp3) is 0. The summed E-state index contributed by atoms with van der Waals surface area (Å²) in [6, 6.07) is 11.8. The Morgan fingerprint density at radius 1 is 0.952 bits per heavy atom. The van der Waals surface area contributed by atoms with Gasteiger partial charge >= 0.3 is 11.4 Å². The smallest absolute Gasteiger partial charge is 0.355 e. The number of hydrogen-bond acceptors (Lipinski definition) is 6. The Kier molecular flexibility index (Phi) is 3.89. The van der Waals surface area contributed by atoms with Crippen molar-refractivity contribution in [1.29, 1.82) is 0 Å². The van der Waals surface area contributed by atoms with E-state index in [1.54, 1.807) is 30.3 Å². The molecule has 8 nitrogen and oxygen atoms in total. The molecule has 0 amide bonds. The third kappa shape index (κ3) is 2.68. The third-order valence-electron chi connectivity index (χ3n) is 2.80.